The minimum Gasteiger partial charge on any atom is -0.481 e. The standard InChI is InChI=1S/C29H36ClNO4/c1-15(2)8-17-10-20(11-17)28-26(18-6-7-18)27(31-35-28)23-13-21(29(33)34)12-22(23)25(32)14-19-5-4-16(3)9-24(19)30/h4-5,9,15,17-18,20-23H,6-8,10-14H2,1-3H3,(H,33,34)/t17?,20?,21-,22-,23-/m0/s1. The van der Waals surface area contributed by atoms with Gasteiger partial charge in [-0.15, -0.1) is 0 Å². The van der Waals surface area contributed by atoms with E-state index in [-0.39, 0.29) is 24.0 Å². The third-order valence-electron chi connectivity index (χ3n) is 8.43. The summed E-state index contributed by atoms with van der Waals surface area (Å²) in [5.41, 5.74) is 3.92. The zero-order chi connectivity index (χ0) is 24.9. The highest BCUT2D eigenvalue weighted by molar-refractivity contribution is 6.31. The molecule has 0 amide bonds. The molecule has 3 fully saturated rings. The van der Waals surface area contributed by atoms with Crippen LogP contribution in [0.15, 0.2) is 22.7 Å². The maximum absolute atomic E-state index is 13.5. The number of ketones is 1. The van der Waals surface area contributed by atoms with E-state index in [1.54, 1.807) is 0 Å². The molecule has 1 N–H and O–H groups in total. The van der Waals surface area contributed by atoms with Crippen LogP contribution >= 0.6 is 11.6 Å². The Labute approximate surface area is 212 Å². The molecule has 0 bridgehead atoms. The molecule has 3 atom stereocenters. The van der Waals surface area contributed by atoms with Gasteiger partial charge >= 0.3 is 5.97 Å². The van der Waals surface area contributed by atoms with Gasteiger partial charge in [0.05, 0.1) is 11.6 Å². The van der Waals surface area contributed by atoms with Gasteiger partial charge in [0.25, 0.3) is 0 Å². The summed E-state index contributed by atoms with van der Waals surface area (Å²) in [7, 11) is 0. The number of aliphatic carboxylic acids is 1. The molecule has 2 aromatic rings. The molecule has 5 rings (SSSR count). The van der Waals surface area contributed by atoms with Crippen molar-refractivity contribution < 1.29 is 19.2 Å². The number of Topliss-reactive ketones (excluding diaryl/α,β-unsaturated/α-hetero) is 1. The molecule has 1 heterocycles. The first-order valence-electron chi connectivity index (χ1n) is 13.2. The van der Waals surface area contributed by atoms with E-state index in [1.165, 1.54) is 12.0 Å². The Morgan fingerprint density at radius 1 is 1.14 bits per heavy atom. The van der Waals surface area contributed by atoms with Crippen LogP contribution in [0.5, 0.6) is 0 Å². The van der Waals surface area contributed by atoms with Crippen molar-refractivity contribution in [3.63, 3.8) is 0 Å². The summed E-state index contributed by atoms with van der Waals surface area (Å²) in [5, 5.41) is 15.0. The lowest BCUT2D eigenvalue weighted by Crippen LogP contribution is -2.24. The van der Waals surface area contributed by atoms with Crippen molar-refractivity contribution in [3.05, 3.63) is 51.4 Å². The van der Waals surface area contributed by atoms with E-state index in [0.29, 0.717) is 35.6 Å². The molecule has 6 heteroatoms. The summed E-state index contributed by atoms with van der Waals surface area (Å²) >= 11 is 6.42. The Kier molecular flexibility index (Phi) is 6.82. The van der Waals surface area contributed by atoms with Gasteiger partial charge in [-0.2, -0.15) is 0 Å². The van der Waals surface area contributed by atoms with Crippen molar-refractivity contribution in [3.8, 4) is 0 Å². The number of carbonyl (C=O) groups excluding carboxylic acids is 1. The Morgan fingerprint density at radius 3 is 2.51 bits per heavy atom. The molecule has 0 unspecified atom stereocenters. The number of nitrogens with zero attached hydrogens (tertiary/aromatic N) is 1. The number of aromatic nitrogens is 1. The monoisotopic (exact) mass is 497 g/mol. The molecule has 188 valence electrons. The third-order valence-corrected chi connectivity index (χ3v) is 8.78. The molecule has 3 aliphatic carbocycles. The number of hydrogen-bond acceptors (Lipinski definition) is 4. The van der Waals surface area contributed by atoms with E-state index >= 15 is 0 Å². The first kappa shape index (κ1) is 24.5. The Morgan fingerprint density at radius 2 is 1.89 bits per heavy atom. The molecule has 0 saturated heterocycles. The van der Waals surface area contributed by atoms with Gasteiger partial charge in [-0.3, -0.25) is 9.59 Å². The summed E-state index contributed by atoms with van der Waals surface area (Å²) in [6.45, 7) is 6.52. The topological polar surface area (TPSA) is 80.4 Å². The van der Waals surface area contributed by atoms with Crippen molar-refractivity contribution in [2.45, 2.75) is 89.9 Å². The van der Waals surface area contributed by atoms with Crippen molar-refractivity contribution in [1.82, 2.24) is 5.16 Å². The van der Waals surface area contributed by atoms with Crippen LogP contribution in [0, 0.1) is 30.6 Å². The Bertz CT molecular complexity index is 1110. The van der Waals surface area contributed by atoms with Gasteiger partial charge in [-0.1, -0.05) is 42.7 Å². The zero-order valence-corrected chi connectivity index (χ0v) is 21.7. The molecule has 5 nitrogen and oxygen atoms in total. The average Bonchev–Trinajstić information content (AvgIpc) is 3.35. The number of rotatable bonds is 9. The van der Waals surface area contributed by atoms with E-state index in [2.05, 4.69) is 19.0 Å². The maximum Gasteiger partial charge on any atom is 0.306 e. The summed E-state index contributed by atoms with van der Waals surface area (Å²) in [6, 6.07) is 5.74. The zero-order valence-electron chi connectivity index (χ0n) is 20.9. The smallest absolute Gasteiger partial charge is 0.306 e. The van der Waals surface area contributed by atoms with E-state index in [0.717, 1.165) is 54.2 Å². The fourth-order valence-corrected chi connectivity index (χ4v) is 6.79. The minimum atomic E-state index is -0.828. The Hall–Kier alpha value is -2.14. The second kappa shape index (κ2) is 9.72. The largest absolute Gasteiger partial charge is 0.481 e. The van der Waals surface area contributed by atoms with Crippen LogP contribution in [0.4, 0.5) is 0 Å². The van der Waals surface area contributed by atoms with Gasteiger partial charge in [0, 0.05) is 34.8 Å². The fraction of sp³-hybridized carbons (Fsp3) is 0.621. The normalized spacial score (nSPS) is 28.3. The molecule has 3 saturated carbocycles. The number of carboxylic acid groups (broad SMARTS) is 1. The lowest BCUT2D eigenvalue weighted by molar-refractivity contribution is -0.141. The fourth-order valence-electron chi connectivity index (χ4n) is 6.49. The van der Waals surface area contributed by atoms with Crippen molar-refractivity contribution in [1.29, 1.82) is 0 Å². The summed E-state index contributed by atoms with van der Waals surface area (Å²) in [6.07, 6.45) is 6.79. The molecule has 0 spiro atoms. The van der Waals surface area contributed by atoms with Crippen molar-refractivity contribution >= 4 is 23.4 Å². The lowest BCUT2D eigenvalue weighted by atomic mass is 9.69. The highest BCUT2D eigenvalue weighted by Crippen LogP contribution is 2.55. The summed E-state index contributed by atoms with van der Waals surface area (Å²) < 4.78 is 6.01. The van der Waals surface area contributed by atoms with Crippen LogP contribution in [0.25, 0.3) is 0 Å². The van der Waals surface area contributed by atoms with Gasteiger partial charge in [0.15, 0.2) is 0 Å². The van der Waals surface area contributed by atoms with E-state index in [1.807, 2.05) is 25.1 Å². The molecule has 1 aromatic carbocycles. The van der Waals surface area contributed by atoms with Crippen LogP contribution in [-0.2, 0) is 16.0 Å². The molecular weight excluding hydrogens is 462 g/mol. The number of carboxylic acids is 1. The highest BCUT2D eigenvalue weighted by Gasteiger charge is 2.48. The SMILES string of the molecule is Cc1ccc(CC(=O)[C@H]2C[C@H](C(=O)O)C[C@@H]2c2noc(C3CC(CC(C)C)C3)c2C2CC2)c(Cl)c1. The van der Waals surface area contributed by atoms with Gasteiger partial charge in [0.2, 0.25) is 0 Å². The van der Waals surface area contributed by atoms with Gasteiger partial charge in [-0.25, -0.2) is 0 Å². The molecule has 0 aliphatic heterocycles. The predicted molar refractivity (Wildman–Crippen MR) is 135 cm³/mol. The Balaban J connectivity index is 1.40. The van der Waals surface area contributed by atoms with Crippen molar-refractivity contribution in [2.75, 3.05) is 0 Å². The van der Waals surface area contributed by atoms with Crippen LogP contribution in [0.1, 0.15) is 105 Å². The van der Waals surface area contributed by atoms with Crippen LogP contribution in [-0.4, -0.2) is 22.0 Å². The second-order valence-corrected chi connectivity index (χ2v) is 12.1. The summed E-state index contributed by atoms with van der Waals surface area (Å²) in [5.74, 6) is 1.44. The van der Waals surface area contributed by atoms with E-state index in [4.69, 9.17) is 16.1 Å². The van der Waals surface area contributed by atoms with Gasteiger partial charge in [-0.05, 0) is 86.8 Å². The van der Waals surface area contributed by atoms with Crippen LogP contribution in [0.3, 0.4) is 0 Å². The first-order chi connectivity index (χ1) is 16.7. The highest BCUT2D eigenvalue weighted by atomic mass is 35.5. The predicted octanol–water partition coefficient (Wildman–Crippen LogP) is 7.06. The second-order valence-electron chi connectivity index (χ2n) is 11.7. The van der Waals surface area contributed by atoms with Crippen LogP contribution in [0.2, 0.25) is 5.02 Å². The number of halogens is 1. The third kappa shape index (κ3) is 5.07. The number of hydrogen-bond donors (Lipinski definition) is 1. The van der Waals surface area contributed by atoms with E-state index < -0.39 is 11.9 Å². The lowest BCUT2D eigenvalue weighted by Gasteiger charge is -2.35. The molecule has 35 heavy (non-hydrogen) atoms. The van der Waals surface area contributed by atoms with Crippen LogP contribution < -0.4 is 0 Å². The molecular formula is C29H36ClNO4. The number of aryl methyl sites for hydroxylation is 1. The first-order valence-corrected chi connectivity index (χ1v) is 13.6. The summed E-state index contributed by atoms with van der Waals surface area (Å²) in [4.78, 5) is 25.5. The minimum absolute atomic E-state index is 0.0523. The number of benzene rings is 1. The maximum atomic E-state index is 13.5. The van der Waals surface area contributed by atoms with Gasteiger partial charge in [0.1, 0.15) is 11.5 Å². The average molecular weight is 498 g/mol. The van der Waals surface area contributed by atoms with E-state index in [9.17, 15) is 14.7 Å². The molecule has 3 aliphatic rings. The quantitative estimate of drug-likeness (QED) is 0.401. The van der Waals surface area contributed by atoms with Gasteiger partial charge < -0.3 is 9.63 Å². The molecule has 1 aromatic heterocycles. The number of carbonyl (C=O) groups is 2. The van der Waals surface area contributed by atoms with Crippen molar-refractivity contribution in [2.24, 2.45) is 23.7 Å². The molecule has 0 radical (unpaired) electrons.